The van der Waals surface area contributed by atoms with E-state index < -0.39 is 0 Å². The summed E-state index contributed by atoms with van der Waals surface area (Å²) in [5.41, 5.74) is 1.55. The molecule has 2 amide bonds. The Morgan fingerprint density at radius 2 is 1.95 bits per heavy atom. The average Bonchev–Trinajstić information content (AvgIpc) is 2.50. The van der Waals surface area contributed by atoms with Crippen LogP contribution < -0.4 is 15.4 Å². The Hall–Kier alpha value is -1.91. The smallest absolute Gasteiger partial charge is 0.319 e. The zero-order valence-electron chi connectivity index (χ0n) is 12.0. The molecule has 0 aliphatic rings. The summed E-state index contributed by atoms with van der Waals surface area (Å²) in [6.07, 6.45) is 0.620. The van der Waals surface area contributed by atoms with E-state index in [1.165, 1.54) is 0 Å². The first-order valence-electron chi connectivity index (χ1n) is 6.72. The van der Waals surface area contributed by atoms with Gasteiger partial charge < -0.3 is 15.4 Å². The highest BCUT2D eigenvalue weighted by molar-refractivity contribution is 6.35. The van der Waals surface area contributed by atoms with Crippen LogP contribution in [0, 0.1) is 0 Å². The van der Waals surface area contributed by atoms with Gasteiger partial charge in [0.15, 0.2) is 0 Å². The second-order valence-electron chi connectivity index (χ2n) is 4.57. The van der Waals surface area contributed by atoms with E-state index in [9.17, 15) is 4.79 Å². The summed E-state index contributed by atoms with van der Waals surface area (Å²) in [6, 6.07) is 12.2. The van der Waals surface area contributed by atoms with Crippen LogP contribution in [-0.2, 0) is 6.42 Å². The lowest BCUT2D eigenvalue weighted by Gasteiger charge is -2.11. The van der Waals surface area contributed by atoms with E-state index in [1.54, 1.807) is 31.4 Å². The van der Waals surface area contributed by atoms with Crippen LogP contribution in [0.15, 0.2) is 42.5 Å². The Morgan fingerprint density at radius 3 is 2.68 bits per heavy atom. The Morgan fingerprint density at radius 1 is 1.18 bits per heavy atom. The van der Waals surface area contributed by atoms with Crippen LogP contribution in [0.5, 0.6) is 5.75 Å². The lowest BCUT2D eigenvalue weighted by atomic mass is 10.1. The molecule has 0 atom stereocenters. The van der Waals surface area contributed by atoms with Gasteiger partial charge in [0.1, 0.15) is 5.75 Å². The van der Waals surface area contributed by atoms with Crippen LogP contribution in [0.2, 0.25) is 10.0 Å². The van der Waals surface area contributed by atoms with Crippen molar-refractivity contribution in [3.05, 3.63) is 58.1 Å². The number of carbonyl (C=O) groups is 1. The van der Waals surface area contributed by atoms with Crippen LogP contribution in [0.4, 0.5) is 10.5 Å². The highest BCUT2D eigenvalue weighted by Gasteiger charge is 2.07. The number of ether oxygens (including phenoxy) is 1. The van der Waals surface area contributed by atoms with Gasteiger partial charge in [-0.05, 0) is 36.2 Å². The number of methoxy groups -OCH3 is 1. The molecule has 6 heteroatoms. The fourth-order valence-electron chi connectivity index (χ4n) is 1.95. The molecule has 4 nitrogen and oxygen atoms in total. The highest BCUT2D eigenvalue weighted by Crippen LogP contribution is 2.23. The Balaban J connectivity index is 1.85. The molecule has 0 aromatic heterocycles. The monoisotopic (exact) mass is 338 g/mol. The molecule has 2 rings (SSSR count). The Kier molecular flexibility index (Phi) is 5.92. The number of nitrogens with one attached hydrogen (secondary N) is 2. The van der Waals surface area contributed by atoms with Crippen molar-refractivity contribution in [1.29, 1.82) is 0 Å². The number of amides is 2. The third kappa shape index (κ3) is 4.55. The van der Waals surface area contributed by atoms with Gasteiger partial charge in [0.2, 0.25) is 0 Å². The zero-order chi connectivity index (χ0) is 15.9. The van der Waals surface area contributed by atoms with Crippen molar-refractivity contribution in [2.24, 2.45) is 0 Å². The number of anilines is 1. The summed E-state index contributed by atoms with van der Waals surface area (Å²) in [5.74, 6) is 0.610. The highest BCUT2D eigenvalue weighted by atomic mass is 35.5. The van der Waals surface area contributed by atoms with E-state index in [0.717, 1.165) is 5.56 Å². The summed E-state index contributed by atoms with van der Waals surface area (Å²) in [6.45, 7) is 0.461. The van der Waals surface area contributed by atoms with Gasteiger partial charge in [-0.15, -0.1) is 0 Å². The lowest BCUT2D eigenvalue weighted by Crippen LogP contribution is -2.30. The number of urea groups is 1. The number of carbonyl (C=O) groups excluding carboxylic acids is 1. The van der Waals surface area contributed by atoms with Gasteiger partial charge in [-0.3, -0.25) is 0 Å². The summed E-state index contributed by atoms with van der Waals surface area (Å²) >= 11 is 11.9. The summed E-state index contributed by atoms with van der Waals surface area (Å²) < 4.78 is 5.17. The molecule has 22 heavy (non-hydrogen) atoms. The minimum Gasteiger partial charge on any atom is -0.495 e. The molecule has 2 aromatic carbocycles. The normalized spacial score (nSPS) is 10.1. The molecule has 0 saturated carbocycles. The van der Waals surface area contributed by atoms with Gasteiger partial charge >= 0.3 is 6.03 Å². The lowest BCUT2D eigenvalue weighted by molar-refractivity contribution is 0.252. The SMILES string of the molecule is COc1ccccc1NC(=O)NCCc1ccc(Cl)cc1Cl. The minimum atomic E-state index is -0.297. The Bertz CT molecular complexity index is 662. The molecular weight excluding hydrogens is 323 g/mol. The van der Waals surface area contributed by atoms with E-state index in [2.05, 4.69) is 10.6 Å². The standard InChI is InChI=1S/C16H16Cl2N2O2/c1-22-15-5-3-2-4-14(15)20-16(21)19-9-8-11-6-7-12(17)10-13(11)18/h2-7,10H,8-9H2,1H3,(H2,19,20,21). The van der Waals surface area contributed by atoms with Gasteiger partial charge in [0.25, 0.3) is 0 Å². The number of hydrogen-bond donors (Lipinski definition) is 2. The van der Waals surface area contributed by atoms with Crippen molar-refractivity contribution in [3.63, 3.8) is 0 Å². The molecule has 0 saturated heterocycles. The van der Waals surface area contributed by atoms with Crippen LogP contribution in [-0.4, -0.2) is 19.7 Å². The van der Waals surface area contributed by atoms with Gasteiger partial charge in [0.05, 0.1) is 12.8 Å². The second kappa shape index (κ2) is 7.92. The molecule has 2 aromatic rings. The summed E-state index contributed by atoms with van der Waals surface area (Å²) in [4.78, 5) is 11.9. The molecule has 2 N–H and O–H groups in total. The third-order valence-electron chi connectivity index (χ3n) is 3.05. The molecule has 0 fully saturated rings. The third-order valence-corrected chi connectivity index (χ3v) is 3.64. The predicted molar refractivity (Wildman–Crippen MR) is 90.2 cm³/mol. The minimum absolute atomic E-state index is 0.297. The number of para-hydroxylation sites is 2. The molecule has 0 spiro atoms. The van der Waals surface area contributed by atoms with Crippen molar-refractivity contribution in [3.8, 4) is 5.75 Å². The zero-order valence-corrected chi connectivity index (χ0v) is 13.5. The molecule has 0 unspecified atom stereocenters. The van der Waals surface area contributed by atoms with E-state index in [1.807, 2.05) is 18.2 Å². The van der Waals surface area contributed by atoms with E-state index in [0.29, 0.717) is 34.4 Å². The molecule has 0 aliphatic heterocycles. The maximum atomic E-state index is 11.9. The van der Waals surface area contributed by atoms with E-state index in [-0.39, 0.29) is 6.03 Å². The summed E-state index contributed by atoms with van der Waals surface area (Å²) in [7, 11) is 1.56. The molecule has 0 bridgehead atoms. The number of benzene rings is 2. The van der Waals surface area contributed by atoms with Crippen LogP contribution in [0.1, 0.15) is 5.56 Å². The Labute approximate surface area is 139 Å². The number of halogens is 2. The maximum Gasteiger partial charge on any atom is 0.319 e. The fraction of sp³-hybridized carbons (Fsp3) is 0.188. The first-order chi connectivity index (χ1) is 10.6. The van der Waals surface area contributed by atoms with E-state index in [4.69, 9.17) is 27.9 Å². The molecule has 0 radical (unpaired) electrons. The van der Waals surface area contributed by atoms with E-state index >= 15 is 0 Å². The largest absolute Gasteiger partial charge is 0.495 e. The van der Waals surface area contributed by atoms with Crippen molar-refractivity contribution >= 4 is 34.9 Å². The first-order valence-corrected chi connectivity index (χ1v) is 7.47. The maximum absolute atomic E-state index is 11.9. The van der Waals surface area contributed by atoms with Crippen LogP contribution >= 0.6 is 23.2 Å². The average molecular weight is 339 g/mol. The summed E-state index contributed by atoms with van der Waals surface area (Å²) in [5, 5.41) is 6.71. The topological polar surface area (TPSA) is 50.4 Å². The first kappa shape index (κ1) is 16.5. The van der Waals surface area contributed by atoms with Gasteiger partial charge in [-0.2, -0.15) is 0 Å². The van der Waals surface area contributed by atoms with Crippen molar-refractivity contribution in [1.82, 2.24) is 5.32 Å². The molecule has 0 aliphatic carbocycles. The fourth-order valence-corrected chi connectivity index (χ4v) is 2.45. The van der Waals surface area contributed by atoms with Gasteiger partial charge in [0, 0.05) is 16.6 Å². The van der Waals surface area contributed by atoms with Crippen LogP contribution in [0.25, 0.3) is 0 Å². The van der Waals surface area contributed by atoms with Crippen molar-refractivity contribution in [2.75, 3.05) is 19.0 Å². The number of hydrogen-bond acceptors (Lipinski definition) is 2. The quantitative estimate of drug-likeness (QED) is 0.850. The van der Waals surface area contributed by atoms with Crippen LogP contribution in [0.3, 0.4) is 0 Å². The molecule has 116 valence electrons. The molecular formula is C16H16Cl2N2O2. The van der Waals surface area contributed by atoms with Gasteiger partial charge in [-0.1, -0.05) is 41.4 Å². The predicted octanol–water partition coefficient (Wildman–Crippen LogP) is 4.37. The molecule has 0 heterocycles. The van der Waals surface area contributed by atoms with Crippen molar-refractivity contribution < 1.29 is 9.53 Å². The van der Waals surface area contributed by atoms with Crippen molar-refractivity contribution in [2.45, 2.75) is 6.42 Å². The van der Waals surface area contributed by atoms with Gasteiger partial charge in [-0.25, -0.2) is 4.79 Å². The second-order valence-corrected chi connectivity index (χ2v) is 5.41. The number of rotatable bonds is 5.